The van der Waals surface area contributed by atoms with Crippen LogP contribution in [0.3, 0.4) is 0 Å². The summed E-state index contributed by atoms with van der Waals surface area (Å²) in [6.45, 7) is 0.135. The molecule has 1 aliphatic carbocycles. The molecule has 0 spiro atoms. The van der Waals surface area contributed by atoms with E-state index in [2.05, 4.69) is 5.32 Å². The number of aliphatic hydroxyl groups is 1. The first-order valence-electron chi connectivity index (χ1n) is 11.0. The smallest absolute Gasteiger partial charge is 0.255 e. The zero-order chi connectivity index (χ0) is 24.5. The quantitative estimate of drug-likeness (QED) is 0.423. The lowest BCUT2D eigenvalue weighted by molar-refractivity contribution is 0.0964. The van der Waals surface area contributed by atoms with Crippen LogP contribution in [0.1, 0.15) is 34.7 Å². The summed E-state index contributed by atoms with van der Waals surface area (Å²) in [5, 5.41) is 12.1. The SMILES string of the molecule is CNC(=O)c1c(-c2ccc(F)cc2)oc2cc(N(CCOCCO)S(C)(=O)=O)c(C3CC3)cc12. The van der Waals surface area contributed by atoms with Gasteiger partial charge in [0.05, 0.1) is 43.9 Å². The molecule has 182 valence electrons. The van der Waals surface area contributed by atoms with Gasteiger partial charge in [-0.2, -0.15) is 0 Å². The van der Waals surface area contributed by atoms with Crippen molar-refractivity contribution in [2.24, 2.45) is 0 Å². The molecule has 0 atom stereocenters. The number of carbonyl (C=O) groups is 1. The minimum absolute atomic E-state index is 0.0674. The van der Waals surface area contributed by atoms with Crippen molar-refractivity contribution in [3.63, 3.8) is 0 Å². The molecule has 1 amide bonds. The van der Waals surface area contributed by atoms with Crippen molar-refractivity contribution < 1.29 is 31.9 Å². The summed E-state index contributed by atoms with van der Waals surface area (Å²) >= 11 is 0. The van der Waals surface area contributed by atoms with Crippen molar-refractivity contribution in [3.05, 3.63) is 53.3 Å². The molecular weight excluding hydrogens is 463 g/mol. The van der Waals surface area contributed by atoms with E-state index >= 15 is 0 Å². The average molecular weight is 491 g/mol. The fourth-order valence-corrected chi connectivity index (χ4v) is 4.94. The molecule has 0 saturated heterocycles. The van der Waals surface area contributed by atoms with Gasteiger partial charge in [-0.1, -0.05) is 0 Å². The van der Waals surface area contributed by atoms with Crippen LogP contribution in [-0.4, -0.2) is 59.1 Å². The van der Waals surface area contributed by atoms with Crippen molar-refractivity contribution in [3.8, 4) is 11.3 Å². The standard InChI is InChI=1S/C24H27FN2O6S/c1-26-24(29)22-19-13-18(15-3-4-15)20(27(34(2,30)31)9-11-32-12-10-28)14-21(19)33-23(22)16-5-7-17(25)8-6-16/h5-8,13-15,28H,3-4,9-12H2,1-2H3,(H,26,29). The van der Waals surface area contributed by atoms with E-state index in [-0.39, 0.29) is 44.0 Å². The maximum absolute atomic E-state index is 13.5. The first-order valence-corrected chi connectivity index (χ1v) is 12.8. The molecule has 0 unspecified atom stereocenters. The fraction of sp³-hybridized carbons (Fsp3) is 0.375. The maximum Gasteiger partial charge on any atom is 0.255 e. The molecule has 1 saturated carbocycles. The van der Waals surface area contributed by atoms with E-state index in [0.717, 1.165) is 24.7 Å². The highest BCUT2D eigenvalue weighted by molar-refractivity contribution is 7.92. The molecule has 2 aromatic carbocycles. The van der Waals surface area contributed by atoms with Gasteiger partial charge in [-0.05, 0) is 54.7 Å². The summed E-state index contributed by atoms with van der Waals surface area (Å²) in [5.74, 6) is -0.314. The third-order valence-corrected chi connectivity index (χ3v) is 6.94. The Hall–Kier alpha value is -2.95. The molecule has 1 fully saturated rings. The predicted octanol–water partition coefficient (Wildman–Crippen LogP) is 3.25. The molecule has 2 N–H and O–H groups in total. The van der Waals surface area contributed by atoms with Crippen molar-refractivity contribution in [1.82, 2.24) is 5.32 Å². The highest BCUT2D eigenvalue weighted by atomic mass is 32.2. The van der Waals surface area contributed by atoms with Gasteiger partial charge >= 0.3 is 0 Å². The minimum atomic E-state index is -3.66. The Bertz CT molecular complexity index is 1300. The zero-order valence-electron chi connectivity index (χ0n) is 19.0. The summed E-state index contributed by atoms with van der Waals surface area (Å²) in [6, 6.07) is 9.11. The molecule has 10 heteroatoms. The van der Waals surface area contributed by atoms with Crippen molar-refractivity contribution in [2.45, 2.75) is 18.8 Å². The maximum atomic E-state index is 13.5. The molecule has 8 nitrogen and oxygen atoms in total. The topological polar surface area (TPSA) is 109 Å². The van der Waals surface area contributed by atoms with Crippen LogP contribution in [0.4, 0.5) is 10.1 Å². The fourth-order valence-electron chi connectivity index (χ4n) is 4.02. The van der Waals surface area contributed by atoms with Gasteiger partial charge in [0.15, 0.2) is 0 Å². The molecule has 4 rings (SSSR count). The molecule has 0 aliphatic heterocycles. The number of nitrogens with one attached hydrogen (secondary N) is 1. The number of ether oxygens (including phenoxy) is 1. The van der Waals surface area contributed by atoms with Gasteiger partial charge in [0, 0.05) is 24.1 Å². The number of fused-ring (bicyclic) bond motifs is 1. The number of anilines is 1. The normalized spacial score (nSPS) is 13.9. The van der Waals surface area contributed by atoms with Crippen LogP contribution in [-0.2, 0) is 14.8 Å². The summed E-state index contributed by atoms with van der Waals surface area (Å²) in [7, 11) is -2.14. The van der Waals surface area contributed by atoms with Crippen LogP contribution in [0, 0.1) is 5.82 Å². The van der Waals surface area contributed by atoms with E-state index in [4.69, 9.17) is 14.3 Å². The van der Waals surface area contributed by atoms with Crippen LogP contribution in [0.2, 0.25) is 0 Å². The predicted molar refractivity (Wildman–Crippen MR) is 127 cm³/mol. The summed E-state index contributed by atoms with van der Waals surface area (Å²) in [6.07, 6.45) is 2.95. The number of aliphatic hydroxyl groups excluding tert-OH is 1. The summed E-state index contributed by atoms with van der Waals surface area (Å²) < 4.78 is 51.5. The molecule has 1 aliphatic rings. The highest BCUT2D eigenvalue weighted by Gasteiger charge is 2.33. The Balaban J connectivity index is 1.89. The Morgan fingerprint density at radius 3 is 2.53 bits per heavy atom. The Labute approximate surface area is 197 Å². The van der Waals surface area contributed by atoms with Gasteiger partial charge < -0.3 is 19.6 Å². The second-order valence-corrected chi connectivity index (χ2v) is 10.2. The third-order valence-electron chi connectivity index (χ3n) is 5.76. The lowest BCUT2D eigenvalue weighted by atomic mass is 10.0. The zero-order valence-corrected chi connectivity index (χ0v) is 19.8. The highest BCUT2D eigenvalue weighted by Crippen LogP contribution is 2.48. The Morgan fingerprint density at radius 2 is 1.94 bits per heavy atom. The van der Waals surface area contributed by atoms with E-state index in [0.29, 0.717) is 27.8 Å². The van der Waals surface area contributed by atoms with Crippen LogP contribution >= 0.6 is 0 Å². The number of hydrogen-bond acceptors (Lipinski definition) is 6. The van der Waals surface area contributed by atoms with E-state index in [1.54, 1.807) is 6.07 Å². The van der Waals surface area contributed by atoms with E-state index < -0.39 is 15.8 Å². The molecule has 0 radical (unpaired) electrons. The number of benzene rings is 2. The van der Waals surface area contributed by atoms with Gasteiger partial charge in [0.25, 0.3) is 5.91 Å². The molecular formula is C24H27FN2O6S. The van der Waals surface area contributed by atoms with Gasteiger partial charge in [-0.25, -0.2) is 12.8 Å². The largest absolute Gasteiger partial charge is 0.455 e. The van der Waals surface area contributed by atoms with Gasteiger partial charge in [0.2, 0.25) is 10.0 Å². The van der Waals surface area contributed by atoms with E-state index in [1.165, 1.54) is 35.6 Å². The van der Waals surface area contributed by atoms with Gasteiger partial charge in [0.1, 0.15) is 17.2 Å². The number of rotatable bonds is 10. The summed E-state index contributed by atoms with van der Waals surface area (Å²) in [4.78, 5) is 12.8. The van der Waals surface area contributed by atoms with Crippen molar-refractivity contribution >= 4 is 32.6 Å². The number of halogens is 1. The molecule has 34 heavy (non-hydrogen) atoms. The second kappa shape index (κ2) is 9.73. The van der Waals surface area contributed by atoms with Crippen LogP contribution < -0.4 is 9.62 Å². The van der Waals surface area contributed by atoms with Gasteiger partial charge in [-0.15, -0.1) is 0 Å². The lowest BCUT2D eigenvalue weighted by Crippen LogP contribution is -2.34. The number of hydrogen-bond donors (Lipinski definition) is 2. The van der Waals surface area contributed by atoms with Crippen LogP contribution in [0.15, 0.2) is 40.8 Å². The Morgan fingerprint density at radius 1 is 1.24 bits per heavy atom. The van der Waals surface area contributed by atoms with Crippen molar-refractivity contribution in [1.29, 1.82) is 0 Å². The minimum Gasteiger partial charge on any atom is -0.455 e. The van der Waals surface area contributed by atoms with Crippen LogP contribution in [0.25, 0.3) is 22.3 Å². The second-order valence-electron chi connectivity index (χ2n) is 8.24. The summed E-state index contributed by atoms with van der Waals surface area (Å²) in [5.41, 5.74) is 2.49. The average Bonchev–Trinajstić information content (AvgIpc) is 3.58. The molecule has 3 aromatic rings. The van der Waals surface area contributed by atoms with E-state index in [9.17, 15) is 17.6 Å². The first kappa shape index (κ1) is 24.2. The monoisotopic (exact) mass is 490 g/mol. The molecule has 0 bridgehead atoms. The number of amides is 1. The lowest BCUT2D eigenvalue weighted by Gasteiger charge is -2.25. The van der Waals surface area contributed by atoms with E-state index in [1.807, 2.05) is 6.07 Å². The number of furan rings is 1. The number of sulfonamides is 1. The molecule has 1 aromatic heterocycles. The third kappa shape index (κ3) is 4.94. The Kier molecular flexibility index (Phi) is 6.92. The number of nitrogens with zero attached hydrogens (tertiary/aromatic N) is 1. The first-order chi connectivity index (χ1) is 16.2. The molecule has 1 heterocycles. The van der Waals surface area contributed by atoms with Crippen molar-refractivity contribution in [2.75, 3.05) is 44.0 Å². The van der Waals surface area contributed by atoms with Gasteiger partial charge in [-0.3, -0.25) is 9.10 Å². The van der Waals surface area contributed by atoms with Crippen LogP contribution in [0.5, 0.6) is 0 Å². The number of carbonyl (C=O) groups excluding carboxylic acids is 1.